The van der Waals surface area contributed by atoms with Crippen LogP contribution in [0.4, 0.5) is 0 Å². The highest BCUT2D eigenvalue weighted by atomic mass is 16.6. The first-order valence-electron chi connectivity index (χ1n) is 26.1. The van der Waals surface area contributed by atoms with Crippen LogP contribution in [0.25, 0.3) is 0 Å². The fraction of sp³-hybridized carbons (Fsp3) is 0.719. The SMILES string of the molecule is CC/C=C\C/C=C\C/C=C\C/C=C\C/C=C\CCCCOCC(COC(=O)CCCCCCC/C=C\CCCCCCCC)OC(=O)CCCCCCC/C=C\CCCCCC. The predicted molar refractivity (Wildman–Crippen MR) is 270 cm³/mol. The van der Waals surface area contributed by atoms with Crippen molar-refractivity contribution in [2.75, 3.05) is 19.8 Å². The highest BCUT2D eigenvalue weighted by molar-refractivity contribution is 5.70. The zero-order chi connectivity index (χ0) is 44.9. The minimum absolute atomic E-state index is 0.0573. The normalized spacial score (nSPS) is 12.9. The second kappa shape index (κ2) is 52.4. The van der Waals surface area contributed by atoms with E-state index >= 15 is 0 Å². The van der Waals surface area contributed by atoms with Gasteiger partial charge in [0.25, 0.3) is 0 Å². The molecule has 0 saturated carbocycles. The standard InChI is InChI=1S/C57H98O5/c1-4-7-10-13-16-19-22-25-27-28-29-31-34-37-40-43-46-49-52-60-53-55(62-57(59)51-48-45-42-39-36-32-24-21-18-15-12-9-6-3)54-61-56(58)50-47-44-41-38-35-33-30-26-23-20-17-14-11-8-5-2/h7,10,16,19,21,24-27,29-31,37,40,55H,4-6,8-9,11-15,17-18,20,22-23,28,32-36,38-39,41-54H2,1-3H3/b10-7-,19-16-,24-21-,27-25-,30-26-,31-29-,40-37-. The Hall–Kier alpha value is -2.92. The molecule has 0 N–H and O–H groups in total. The van der Waals surface area contributed by atoms with Crippen LogP contribution in [0.15, 0.2) is 85.1 Å². The maximum Gasteiger partial charge on any atom is 0.306 e. The number of unbranched alkanes of at least 4 members (excludes halogenated alkanes) is 22. The molecule has 0 rings (SSSR count). The molecule has 0 amide bonds. The van der Waals surface area contributed by atoms with E-state index in [-0.39, 0.29) is 25.2 Å². The molecule has 0 bridgehead atoms. The first-order valence-corrected chi connectivity index (χ1v) is 26.1. The Morgan fingerprint density at radius 1 is 0.371 bits per heavy atom. The van der Waals surface area contributed by atoms with Crippen LogP contribution in [0, 0.1) is 0 Å². The van der Waals surface area contributed by atoms with E-state index in [1.807, 2.05) is 0 Å². The maximum atomic E-state index is 12.8. The zero-order valence-electron chi connectivity index (χ0n) is 40.9. The molecule has 0 heterocycles. The largest absolute Gasteiger partial charge is 0.462 e. The van der Waals surface area contributed by atoms with Gasteiger partial charge in [0.05, 0.1) is 6.61 Å². The van der Waals surface area contributed by atoms with Gasteiger partial charge in [0.15, 0.2) is 6.10 Å². The number of allylic oxidation sites excluding steroid dienone is 14. The van der Waals surface area contributed by atoms with Crippen molar-refractivity contribution >= 4 is 11.9 Å². The van der Waals surface area contributed by atoms with Gasteiger partial charge in [-0.05, 0) is 116 Å². The first kappa shape index (κ1) is 59.1. The molecule has 0 aliphatic heterocycles. The predicted octanol–water partition coefficient (Wildman–Crippen LogP) is 17.7. The molecule has 0 aromatic rings. The van der Waals surface area contributed by atoms with Crippen LogP contribution in [0.3, 0.4) is 0 Å². The molecule has 0 aromatic heterocycles. The van der Waals surface area contributed by atoms with Crippen LogP contribution in [0.2, 0.25) is 0 Å². The number of carbonyl (C=O) groups excluding carboxylic acids is 2. The van der Waals surface area contributed by atoms with Crippen molar-refractivity contribution in [3.8, 4) is 0 Å². The summed E-state index contributed by atoms with van der Waals surface area (Å²) in [6.45, 7) is 7.58. The van der Waals surface area contributed by atoms with E-state index in [1.165, 1.54) is 103 Å². The number of esters is 2. The summed E-state index contributed by atoms with van der Waals surface area (Å²) >= 11 is 0. The van der Waals surface area contributed by atoms with Gasteiger partial charge in [0, 0.05) is 19.4 Å². The van der Waals surface area contributed by atoms with E-state index in [0.717, 1.165) is 103 Å². The topological polar surface area (TPSA) is 61.8 Å². The van der Waals surface area contributed by atoms with Crippen molar-refractivity contribution in [3.05, 3.63) is 85.1 Å². The summed E-state index contributed by atoms with van der Waals surface area (Å²) < 4.78 is 17.3. The van der Waals surface area contributed by atoms with Gasteiger partial charge in [-0.25, -0.2) is 0 Å². The third-order valence-corrected chi connectivity index (χ3v) is 10.9. The van der Waals surface area contributed by atoms with Crippen LogP contribution < -0.4 is 0 Å². The third-order valence-electron chi connectivity index (χ3n) is 10.9. The Morgan fingerprint density at radius 3 is 1.19 bits per heavy atom. The average molecular weight is 863 g/mol. The molecule has 5 heteroatoms. The van der Waals surface area contributed by atoms with Gasteiger partial charge in [-0.3, -0.25) is 9.59 Å². The minimum atomic E-state index is -0.569. The summed E-state index contributed by atoms with van der Waals surface area (Å²) in [6.07, 6.45) is 68.8. The quantitative estimate of drug-likeness (QED) is 0.0346. The van der Waals surface area contributed by atoms with Gasteiger partial charge < -0.3 is 14.2 Å². The number of ether oxygens (including phenoxy) is 3. The minimum Gasteiger partial charge on any atom is -0.462 e. The highest BCUT2D eigenvalue weighted by Crippen LogP contribution is 2.13. The number of carbonyl (C=O) groups is 2. The number of hydrogen-bond donors (Lipinski definition) is 0. The molecular weight excluding hydrogens is 765 g/mol. The summed E-state index contributed by atoms with van der Waals surface area (Å²) in [5.41, 5.74) is 0. The van der Waals surface area contributed by atoms with Crippen molar-refractivity contribution in [2.24, 2.45) is 0 Å². The van der Waals surface area contributed by atoms with E-state index in [0.29, 0.717) is 19.4 Å². The molecule has 0 saturated heterocycles. The molecule has 356 valence electrons. The summed E-state index contributed by atoms with van der Waals surface area (Å²) in [5.74, 6) is -0.441. The van der Waals surface area contributed by atoms with Crippen LogP contribution in [-0.2, 0) is 23.8 Å². The van der Waals surface area contributed by atoms with Crippen molar-refractivity contribution < 1.29 is 23.8 Å². The van der Waals surface area contributed by atoms with Gasteiger partial charge in [-0.2, -0.15) is 0 Å². The van der Waals surface area contributed by atoms with Crippen molar-refractivity contribution in [3.63, 3.8) is 0 Å². The van der Waals surface area contributed by atoms with Gasteiger partial charge in [-0.15, -0.1) is 0 Å². The summed E-state index contributed by atoms with van der Waals surface area (Å²) in [4.78, 5) is 25.4. The zero-order valence-corrected chi connectivity index (χ0v) is 40.9. The molecule has 0 fully saturated rings. The fourth-order valence-electron chi connectivity index (χ4n) is 7.00. The molecule has 1 unspecified atom stereocenters. The smallest absolute Gasteiger partial charge is 0.306 e. The third kappa shape index (κ3) is 49.7. The fourth-order valence-corrected chi connectivity index (χ4v) is 7.00. The Balaban J connectivity index is 4.38. The van der Waals surface area contributed by atoms with Crippen molar-refractivity contribution in [1.82, 2.24) is 0 Å². The average Bonchev–Trinajstić information content (AvgIpc) is 3.27. The molecular formula is C57H98O5. The maximum absolute atomic E-state index is 12.8. The second-order valence-corrected chi connectivity index (χ2v) is 17.0. The van der Waals surface area contributed by atoms with Crippen molar-refractivity contribution in [1.29, 1.82) is 0 Å². The molecule has 62 heavy (non-hydrogen) atoms. The monoisotopic (exact) mass is 863 g/mol. The lowest BCUT2D eigenvalue weighted by molar-refractivity contribution is -0.163. The molecule has 0 aliphatic carbocycles. The van der Waals surface area contributed by atoms with Crippen LogP contribution in [0.5, 0.6) is 0 Å². The summed E-state index contributed by atoms with van der Waals surface area (Å²) in [6, 6.07) is 0. The van der Waals surface area contributed by atoms with E-state index in [4.69, 9.17) is 14.2 Å². The molecule has 0 aliphatic rings. The Labute approximate surface area is 384 Å². The van der Waals surface area contributed by atoms with Crippen LogP contribution in [0.1, 0.15) is 239 Å². The van der Waals surface area contributed by atoms with Gasteiger partial charge in [0.2, 0.25) is 0 Å². The van der Waals surface area contributed by atoms with Gasteiger partial charge >= 0.3 is 11.9 Å². The Bertz CT molecular complexity index is 1160. The van der Waals surface area contributed by atoms with E-state index in [9.17, 15) is 9.59 Å². The molecule has 5 nitrogen and oxygen atoms in total. The number of rotatable bonds is 47. The summed E-state index contributed by atoms with van der Waals surface area (Å²) in [7, 11) is 0. The lowest BCUT2D eigenvalue weighted by Crippen LogP contribution is -2.30. The van der Waals surface area contributed by atoms with Crippen molar-refractivity contribution in [2.45, 2.75) is 245 Å². The Kier molecular flexibility index (Phi) is 50.0. The Morgan fingerprint density at radius 2 is 0.726 bits per heavy atom. The molecule has 0 spiro atoms. The molecule has 1 atom stereocenters. The highest BCUT2D eigenvalue weighted by Gasteiger charge is 2.17. The second-order valence-electron chi connectivity index (χ2n) is 17.0. The first-order chi connectivity index (χ1) is 30.6. The van der Waals surface area contributed by atoms with Gasteiger partial charge in [-0.1, -0.05) is 196 Å². The van der Waals surface area contributed by atoms with Crippen LogP contribution >= 0.6 is 0 Å². The lowest BCUT2D eigenvalue weighted by atomic mass is 10.1. The number of hydrogen-bond acceptors (Lipinski definition) is 5. The molecule has 0 radical (unpaired) electrons. The van der Waals surface area contributed by atoms with E-state index in [1.54, 1.807) is 0 Å². The summed E-state index contributed by atoms with van der Waals surface area (Å²) in [5, 5.41) is 0. The van der Waals surface area contributed by atoms with E-state index < -0.39 is 6.10 Å². The molecule has 0 aromatic carbocycles. The van der Waals surface area contributed by atoms with E-state index in [2.05, 4.69) is 106 Å². The lowest BCUT2D eigenvalue weighted by Gasteiger charge is -2.18. The van der Waals surface area contributed by atoms with Crippen LogP contribution in [-0.4, -0.2) is 37.9 Å². The van der Waals surface area contributed by atoms with Gasteiger partial charge in [0.1, 0.15) is 6.61 Å².